The molecule has 0 bridgehead atoms. The molecule has 10 nitrogen and oxygen atoms in total. The van der Waals surface area contributed by atoms with Crippen LogP contribution in [-0.2, 0) is 23.6 Å². The van der Waals surface area contributed by atoms with Crippen molar-refractivity contribution in [3.8, 4) is 17.4 Å². The summed E-state index contributed by atoms with van der Waals surface area (Å²) in [6.07, 6.45) is 0. The maximum Gasteiger partial charge on any atom is 0.340 e. The Morgan fingerprint density at radius 1 is 1.17 bits per heavy atom. The van der Waals surface area contributed by atoms with Gasteiger partial charge in [-0.25, -0.2) is 9.59 Å². The van der Waals surface area contributed by atoms with Gasteiger partial charge in [-0.15, -0.1) is 0 Å². The van der Waals surface area contributed by atoms with Crippen LogP contribution in [0.3, 0.4) is 0 Å². The number of ether oxygens (including phenoxy) is 4. The average Bonchev–Trinajstić information content (AvgIpc) is 2.74. The number of hydrogen-bond donors (Lipinski definition) is 1. The predicted octanol–water partition coefficient (Wildman–Crippen LogP) is 0.359. The minimum Gasteiger partial charge on any atom is -0.497 e. The fourth-order valence-corrected chi connectivity index (χ4v) is 3.47. The van der Waals surface area contributed by atoms with E-state index in [1.165, 1.54) is 28.3 Å². The van der Waals surface area contributed by atoms with Crippen molar-refractivity contribution < 1.29 is 23.7 Å². The number of carbonyl (C=O) groups is 1. The van der Waals surface area contributed by atoms with E-state index >= 15 is 0 Å². The smallest absolute Gasteiger partial charge is 0.340 e. The molecule has 2 N–H and O–H groups in total. The molecule has 0 fully saturated rings. The molecule has 2 aromatic rings. The molecule has 0 radical (unpaired) electrons. The molecular formula is C20H23N3O7. The Morgan fingerprint density at radius 2 is 1.87 bits per heavy atom. The molecule has 10 heteroatoms. The van der Waals surface area contributed by atoms with Crippen molar-refractivity contribution in [2.75, 3.05) is 20.8 Å². The zero-order valence-electron chi connectivity index (χ0n) is 17.3. The number of carbonyl (C=O) groups excluding carboxylic acids is 1. The Kier molecular flexibility index (Phi) is 5.59. The monoisotopic (exact) mass is 417 g/mol. The topological polar surface area (TPSA) is 124 Å². The lowest BCUT2D eigenvalue weighted by Gasteiger charge is -2.29. The van der Waals surface area contributed by atoms with Gasteiger partial charge in [-0.1, -0.05) is 0 Å². The molecule has 0 saturated carbocycles. The normalized spacial score (nSPS) is 15.3. The molecule has 0 unspecified atom stereocenters. The van der Waals surface area contributed by atoms with E-state index in [1.54, 1.807) is 25.1 Å². The van der Waals surface area contributed by atoms with Crippen molar-refractivity contribution in [3.05, 3.63) is 61.6 Å². The van der Waals surface area contributed by atoms with Gasteiger partial charge in [0.1, 0.15) is 17.1 Å². The molecule has 0 amide bonds. The molecule has 3 rings (SSSR count). The number of esters is 1. The van der Waals surface area contributed by atoms with Crippen LogP contribution in [0.5, 0.6) is 17.4 Å². The zero-order chi connectivity index (χ0) is 22.2. The summed E-state index contributed by atoms with van der Waals surface area (Å²) in [5.74, 6) is -1.21. The van der Waals surface area contributed by atoms with Gasteiger partial charge in [0.2, 0.25) is 11.8 Å². The van der Waals surface area contributed by atoms with Crippen LogP contribution in [-0.4, -0.2) is 35.9 Å². The second-order valence-corrected chi connectivity index (χ2v) is 6.57. The number of hydrogen-bond acceptors (Lipinski definition) is 8. The number of fused-ring (bicyclic) bond motifs is 1. The van der Waals surface area contributed by atoms with Crippen molar-refractivity contribution >= 4 is 5.97 Å². The van der Waals surface area contributed by atoms with Crippen LogP contribution < -0.4 is 31.2 Å². The van der Waals surface area contributed by atoms with Crippen molar-refractivity contribution in [1.29, 1.82) is 0 Å². The summed E-state index contributed by atoms with van der Waals surface area (Å²) in [7, 11) is 5.74. The van der Waals surface area contributed by atoms with E-state index < -0.39 is 23.1 Å². The van der Waals surface area contributed by atoms with Crippen molar-refractivity contribution in [1.82, 2.24) is 9.13 Å². The Labute approximate surface area is 172 Å². The molecule has 0 aliphatic carbocycles. The lowest BCUT2D eigenvalue weighted by molar-refractivity contribution is -0.139. The maximum atomic E-state index is 13.1. The van der Waals surface area contributed by atoms with Gasteiger partial charge in [0, 0.05) is 19.7 Å². The third-order valence-electron chi connectivity index (χ3n) is 4.94. The predicted molar refractivity (Wildman–Crippen MR) is 107 cm³/mol. The molecule has 1 aliphatic heterocycles. The first-order chi connectivity index (χ1) is 14.3. The third-order valence-corrected chi connectivity index (χ3v) is 4.94. The van der Waals surface area contributed by atoms with Crippen molar-refractivity contribution in [2.45, 2.75) is 12.8 Å². The summed E-state index contributed by atoms with van der Waals surface area (Å²) < 4.78 is 23.6. The molecule has 30 heavy (non-hydrogen) atoms. The molecular weight excluding hydrogens is 394 g/mol. The SMILES string of the molecule is CCOC(=O)C1=C(N)Oc2c(c(=O)n(C)c(=O)n2C)[C@@H]1c1cc(OC)ccc1OC. The standard InChI is InChI=1S/C20H23N3O7/c1-6-29-19(25)14-13(11-9-10(27-4)7-8-12(11)28-5)15-17(24)22(2)20(26)23(3)18(15)30-16(14)21/h7-9,13H,6,21H2,1-5H3/t13-/m1/s1. The largest absolute Gasteiger partial charge is 0.497 e. The first kappa shape index (κ1) is 21.0. The van der Waals surface area contributed by atoms with Gasteiger partial charge in [-0.3, -0.25) is 13.9 Å². The van der Waals surface area contributed by atoms with Crippen LogP contribution in [0.2, 0.25) is 0 Å². The van der Waals surface area contributed by atoms with Gasteiger partial charge in [0.15, 0.2) is 0 Å². The number of benzene rings is 1. The van der Waals surface area contributed by atoms with Gasteiger partial charge in [0.05, 0.1) is 32.3 Å². The maximum absolute atomic E-state index is 13.1. The zero-order valence-corrected chi connectivity index (χ0v) is 17.3. The van der Waals surface area contributed by atoms with Crippen LogP contribution in [0.25, 0.3) is 0 Å². The Bertz CT molecular complexity index is 1160. The minimum absolute atomic E-state index is 0.0523. The second kappa shape index (κ2) is 7.97. The van der Waals surface area contributed by atoms with Crippen molar-refractivity contribution in [3.63, 3.8) is 0 Å². The highest BCUT2D eigenvalue weighted by Crippen LogP contribution is 2.44. The van der Waals surface area contributed by atoms with Crippen LogP contribution >= 0.6 is 0 Å². The highest BCUT2D eigenvalue weighted by molar-refractivity contribution is 5.92. The lowest BCUT2D eigenvalue weighted by Crippen LogP contribution is -2.43. The highest BCUT2D eigenvalue weighted by atomic mass is 16.5. The molecule has 0 spiro atoms. The van der Waals surface area contributed by atoms with Gasteiger partial charge in [0.25, 0.3) is 5.56 Å². The van der Waals surface area contributed by atoms with E-state index in [4.69, 9.17) is 24.7 Å². The van der Waals surface area contributed by atoms with Crippen LogP contribution in [0.15, 0.2) is 39.2 Å². The molecule has 1 aliphatic rings. The van der Waals surface area contributed by atoms with Crippen molar-refractivity contribution in [2.24, 2.45) is 19.8 Å². The average molecular weight is 417 g/mol. The van der Waals surface area contributed by atoms with Gasteiger partial charge in [-0.05, 0) is 25.1 Å². The Hall–Kier alpha value is -3.69. The first-order valence-corrected chi connectivity index (χ1v) is 9.13. The number of nitrogens with two attached hydrogens (primary N) is 1. The molecule has 1 aromatic heterocycles. The molecule has 2 heterocycles. The minimum atomic E-state index is -1.01. The van der Waals surface area contributed by atoms with E-state index in [0.717, 1.165) is 9.13 Å². The fourth-order valence-electron chi connectivity index (χ4n) is 3.47. The summed E-state index contributed by atoms with van der Waals surface area (Å²) >= 11 is 0. The molecule has 160 valence electrons. The summed E-state index contributed by atoms with van der Waals surface area (Å²) in [6, 6.07) is 4.96. The van der Waals surface area contributed by atoms with Gasteiger partial charge < -0.3 is 24.7 Å². The summed E-state index contributed by atoms with van der Waals surface area (Å²) in [5.41, 5.74) is 5.29. The number of aromatic nitrogens is 2. The number of rotatable bonds is 5. The molecule has 1 atom stereocenters. The quantitative estimate of drug-likeness (QED) is 0.692. The van der Waals surface area contributed by atoms with E-state index in [2.05, 4.69) is 0 Å². The third kappa shape index (κ3) is 3.19. The first-order valence-electron chi connectivity index (χ1n) is 9.13. The number of nitrogens with zero attached hydrogens (tertiary/aromatic N) is 2. The van der Waals surface area contributed by atoms with Gasteiger partial charge in [-0.2, -0.15) is 0 Å². The highest BCUT2D eigenvalue weighted by Gasteiger charge is 2.41. The van der Waals surface area contributed by atoms with E-state index in [0.29, 0.717) is 17.1 Å². The summed E-state index contributed by atoms with van der Waals surface area (Å²) in [4.78, 5) is 38.4. The Morgan fingerprint density at radius 3 is 2.47 bits per heavy atom. The lowest BCUT2D eigenvalue weighted by atomic mass is 9.83. The van der Waals surface area contributed by atoms with Crippen LogP contribution in [0.1, 0.15) is 24.0 Å². The summed E-state index contributed by atoms with van der Waals surface area (Å²) in [6.45, 7) is 1.74. The van der Waals surface area contributed by atoms with E-state index in [1.807, 2.05) is 0 Å². The molecule has 1 aromatic carbocycles. The van der Waals surface area contributed by atoms with E-state index in [9.17, 15) is 14.4 Å². The van der Waals surface area contributed by atoms with Gasteiger partial charge >= 0.3 is 11.7 Å². The Balaban J connectivity index is 2.45. The van der Waals surface area contributed by atoms with Crippen LogP contribution in [0.4, 0.5) is 0 Å². The van der Waals surface area contributed by atoms with E-state index in [-0.39, 0.29) is 29.5 Å². The summed E-state index contributed by atoms with van der Waals surface area (Å²) in [5, 5.41) is 0. The molecule has 0 saturated heterocycles. The number of methoxy groups -OCH3 is 2. The fraction of sp³-hybridized carbons (Fsp3) is 0.350. The second-order valence-electron chi connectivity index (χ2n) is 6.57. The van der Waals surface area contributed by atoms with Crippen LogP contribution in [0, 0.1) is 0 Å².